The number of benzene rings is 2. The van der Waals surface area contributed by atoms with Crippen molar-refractivity contribution < 1.29 is 17.6 Å². The van der Waals surface area contributed by atoms with Crippen molar-refractivity contribution in [3.05, 3.63) is 59.4 Å². The third-order valence-corrected chi connectivity index (χ3v) is 6.13. The summed E-state index contributed by atoms with van der Waals surface area (Å²) in [5, 5.41) is 2.85. The van der Waals surface area contributed by atoms with Crippen LogP contribution in [0.2, 0.25) is 0 Å². The van der Waals surface area contributed by atoms with E-state index in [0.29, 0.717) is 6.42 Å². The second kappa shape index (κ2) is 6.57. The number of nitrogens with one attached hydrogen (secondary N) is 1. The second-order valence-electron chi connectivity index (χ2n) is 5.61. The normalized spacial score (nSPS) is 17.2. The number of rotatable bonds is 3. The van der Waals surface area contributed by atoms with E-state index in [0.717, 1.165) is 22.5 Å². The third kappa shape index (κ3) is 3.47. The van der Waals surface area contributed by atoms with Crippen molar-refractivity contribution in [3.63, 3.8) is 0 Å². The van der Waals surface area contributed by atoms with Gasteiger partial charge < -0.3 is 5.32 Å². The molecule has 1 unspecified atom stereocenters. The molecule has 0 spiro atoms. The number of sulfone groups is 1. The molecule has 2 aromatic carbocycles. The predicted molar refractivity (Wildman–Crippen MR) is 91.5 cm³/mol. The molecule has 7 heteroatoms. The Morgan fingerprint density at radius 2 is 2.00 bits per heavy atom. The first-order valence-corrected chi connectivity index (χ1v) is 10.3. The standard InChI is InChI=1S/C17H16FNO3S2/c1-24(21,22)16-5-3-2-4-12(16)17(20)19-14-8-9-23-15-7-6-11(18)10-13(14)15/h2-7,10,14H,8-9H2,1H3,(H,19,20). The lowest BCUT2D eigenvalue weighted by molar-refractivity contribution is 0.0931. The number of carbonyl (C=O) groups is 1. The van der Waals surface area contributed by atoms with Crippen LogP contribution in [0.3, 0.4) is 0 Å². The van der Waals surface area contributed by atoms with Crippen molar-refractivity contribution in [2.75, 3.05) is 12.0 Å². The quantitative estimate of drug-likeness (QED) is 0.907. The highest BCUT2D eigenvalue weighted by atomic mass is 32.2. The largest absolute Gasteiger partial charge is 0.345 e. The maximum absolute atomic E-state index is 13.5. The number of carbonyl (C=O) groups excluding carboxylic acids is 1. The van der Waals surface area contributed by atoms with E-state index in [2.05, 4.69) is 5.32 Å². The Morgan fingerprint density at radius 1 is 1.25 bits per heavy atom. The van der Waals surface area contributed by atoms with Crippen molar-refractivity contribution in [2.45, 2.75) is 22.3 Å². The fourth-order valence-corrected chi connectivity index (χ4v) is 4.72. The summed E-state index contributed by atoms with van der Waals surface area (Å²) in [5.41, 5.74) is 0.840. The van der Waals surface area contributed by atoms with E-state index >= 15 is 0 Å². The van der Waals surface area contributed by atoms with Crippen molar-refractivity contribution >= 4 is 27.5 Å². The average molecular weight is 365 g/mol. The molecule has 2 aromatic rings. The molecule has 3 rings (SSSR count). The second-order valence-corrected chi connectivity index (χ2v) is 8.73. The van der Waals surface area contributed by atoms with Crippen molar-refractivity contribution in [1.82, 2.24) is 5.32 Å². The predicted octanol–water partition coefficient (Wildman–Crippen LogP) is 3.20. The highest BCUT2D eigenvalue weighted by Gasteiger charge is 2.25. The van der Waals surface area contributed by atoms with Gasteiger partial charge in [0, 0.05) is 16.9 Å². The van der Waals surface area contributed by atoms with Gasteiger partial charge in [0.2, 0.25) is 0 Å². The van der Waals surface area contributed by atoms with Crippen molar-refractivity contribution in [1.29, 1.82) is 0 Å². The van der Waals surface area contributed by atoms with E-state index in [-0.39, 0.29) is 22.3 Å². The molecule has 0 radical (unpaired) electrons. The molecule has 1 aliphatic heterocycles. The van der Waals surface area contributed by atoms with Gasteiger partial charge in [0.05, 0.1) is 16.5 Å². The molecule has 4 nitrogen and oxygen atoms in total. The van der Waals surface area contributed by atoms with Crippen LogP contribution in [-0.4, -0.2) is 26.3 Å². The zero-order valence-electron chi connectivity index (χ0n) is 13.0. The lowest BCUT2D eigenvalue weighted by Gasteiger charge is -2.26. The summed E-state index contributed by atoms with van der Waals surface area (Å²) >= 11 is 1.62. The van der Waals surface area contributed by atoms with Gasteiger partial charge in [-0.05, 0) is 42.3 Å². The van der Waals surface area contributed by atoms with Crippen LogP contribution in [0.25, 0.3) is 0 Å². The van der Waals surface area contributed by atoms with Crippen LogP contribution in [0.15, 0.2) is 52.3 Å². The molecule has 1 N–H and O–H groups in total. The molecule has 0 bridgehead atoms. The number of thioether (sulfide) groups is 1. The fraction of sp³-hybridized carbons (Fsp3) is 0.235. The van der Waals surface area contributed by atoms with Crippen molar-refractivity contribution in [2.24, 2.45) is 0 Å². The van der Waals surface area contributed by atoms with E-state index in [1.165, 1.54) is 24.3 Å². The van der Waals surface area contributed by atoms with E-state index in [1.807, 2.05) is 0 Å². The molecule has 0 fully saturated rings. The van der Waals surface area contributed by atoms with Crippen LogP contribution in [-0.2, 0) is 9.84 Å². The number of amides is 1. The Labute approximate surface area is 144 Å². The lowest BCUT2D eigenvalue weighted by atomic mass is 10.0. The Balaban J connectivity index is 1.92. The molecule has 1 aliphatic rings. The van der Waals surface area contributed by atoms with Crippen LogP contribution in [0, 0.1) is 5.82 Å². The van der Waals surface area contributed by atoms with Crippen LogP contribution in [0.5, 0.6) is 0 Å². The molecule has 0 aromatic heterocycles. The zero-order chi connectivity index (χ0) is 17.3. The Morgan fingerprint density at radius 3 is 2.75 bits per heavy atom. The number of fused-ring (bicyclic) bond motifs is 1. The molecule has 0 aliphatic carbocycles. The maximum atomic E-state index is 13.5. The average Bonchev–Trinajstić information content (AvgIpc) is 2.54. The van der Waals surface area contributed by atoms with Gasteiger partial charge in [0.15, 0.2) is 9.84 Å². The molecule has 24 heavy (non-hydrogen) atoms. The molecule has 1 atom stereocenters. The van der Waals surface area contributed by atoms with E-state index in [4.69, 9.17) is 0 Å². The van der Waals surface area contributed by atoms with Gasteiger partial charge in [0.25, 0.3) is 5.91 Å². The first-order chi connectivity index (χ1) is 11.4. The molecule has 126 valence electrons. The molecule has 0 saturated carbocycles. The summed E-state index contributed by atoms with van der Waals surface area (Å²) in [6.07, 6.45) is 1.73. The van der Waals surface area contributed by atoms with Crippen LogP contribution < -0.4 is 5.32 Å². The Bertz CT molecular complexity index is 896. The summed E-state index contributed by atoms with van der Waals surface area (Å²) in [6, 6.07) is 10.3. The maximum Gasteiger partial charge on any atom is 0.253 e. The first-order valence-electron chi connectivity index (χ1n) is 7.38. The first kappa shape index (κ1) is 17.0. The van der Waals surface area contributed by atoms with Gasteiger partial charge in [-0.3, -0.25) is 4.79 Å². The van der Waals surface area contributed by atoms with E-state index in [9.17, 15) is 17.6 Å². The van der Waals surface area contributed by atoms with Gasteiger partial charge in [-0.2, -0.15) is 0 Å². The topological polar surface area (TPSA) is 63.2 Å². The van der Waals surface area contributed by atoms with Crippen LogP contribution in [0.4, 0.5) is 4.39 Å². The Hall–Kier alpha value is -1.86. The minimum absolute atomic E-state index is 0.00727. The smallest absolute Gasteiger partial charge is 0.253 e. The van der Waals surface area contributed by atoms with Gasteiger partial charge in [0.1, 0.15) is 5.82 Å². The van der Waals surface area contributed by atoms with Crippen LogP contribution in [0.1, 0.15) is 28.4 Å². The number of hydrogen-bond acceptors (Lipinski definition) is 4. The summed E-state index contributed by atoms with van der Waals surface area (Å²) in [5.74, 6) is -0.0210. The molecule has 1 amide bonds. The zero-order valence-corrected chi connectivity index (χ0v) is 14.6. The van der Waals surface area contributed by atoms with Gasteiger partial charge >= 0.3 is 0 Å². The number of hydrogen-bond donors (Lipinski definition) is 1. The molecular weight excluding hydrogens is 349 g/mol. The van der Waals surface area contributed by atoms with Gasteiger partial charge in [-0.25, -0.2) is 12.8 Å². The SMILES string of the molecule is CS(=O)(=O)c1ccccc1C(=O)NC1CCSc2ccc(F)cc21. The highest BCUT2D eigenvalue weighted by Crippen LogP contribution is 2.36. The molecular formula is C17H16FNO3S2. The summed E-state index contributed by atoms with van der Waals surface area (Å²) in [6.45, 7) is 0. The monoisotopic (exact) mass is 365 g/mol. The Kier molecular flexibility index (Phi) is 4.64. The number of halogens is 1. The lowest BCUT2D eigenvalue weighted by Crippen LogP contribution is -2.31. The van der Waals surface area contributed by atoms with E-state index < -0.39 is 15.7 Å². The van der Waals surface area contributed by atoms with Crippen LogP contribution >= 0.6 is 11.8 Å². The van der Waals surface area contributed by atoms with E-state index in [1.54, 1.807) is 30.0 Å². The minimum atomic E-state index is -3.51. The molecule has 0 saturated heterocycles. The van der Waals surface area contributed by atoms with Gasteiger partial charge in [-0.1, -0.05) is 12.1 Å². The summed E-state index contributed by atoms with van der Waals surface area (Å²) in [7, 11) is -3.51. The fourth-order valence-electron chi connectivity index (χ4n) is 2.73. The summed E-state index contributed by atoms with van der Waals surface area (Å²) < 4.78 is 37.3. The third-order valence-electron chi connectivity index (χ3n) is 3.85. The summed E-state index contributed by atoms with van der Waals surface area (Å²) in [4.78, 5) is 13.5. The van der Waals surface area contributed by atoms with Crippen molar-refractivity contribution in [3.8, 4) is 0 Å². The molecule has 1 heterocycles. The van der Waals surface area contributed by atoms with Gasteiger partial charge in [-0.15, -0.1) is 11.8 Å². The minimum Gasteiger partial charge on any atom is -0.345 e. The highest BCUT2D eigenvalue weighted by molar-refractivity contribution is 7.99.